The van der Waals surface area contributed by atoms with Crippen LogP contribution < -0.4 is 4.74 Å². The lowest BCUT2D eigenvalue weighted by Crippen LogP contribution is -2.05. The van der Waals surface area contributed by atoms with Gasteiger partial charge in [-0.15, -0.1) is 0 Å². The van der Waals surface area contributed by atoms with E-state index in [0.29, 0.717) is 10.0 Å². The second-order valence-electron chi connectivity index (χ2n) is 2.70. The Bertz CT molecular complexity index is 390. The molecule has 0 aromatic heterocycles. The van der Waals surface area contributed by atoms with Crippen LogP contribution in [-0.2, 0) is 0 Å². The highest BCUT2D eigenvalue weighted by molar-refractivity contribution is 9.10. The predicted octanol–water partition coefficient (Wildman–Crippen LogP) is 2.60. The van der Waals surface area contributed by atoms with Crippen molar-refractivity contribution in [2.75, 3.05) is 7.11 Å². The van der Waals surface area contributed by atoms with E-state index in [1.807, 2.05) is 0 Å². The summed E-state index contributed by atoms with van der Waals surface area (Å²) in [5, 5.41) is 8.85. The van der Waals surface area contributed by atoms with Gasteiger partial charge in [-0.3, -0.25) is 0 Å². The summed E-state index contributed by atoms with van der Waals surface area (Å²) in [6.45, 7) is 1.61. The third-order valence-electron chi connectivity index (χ3n) is 1.77. The van der Waals surface area contributed by atoms with Gasteiger partial charge in [-0.2, -0.15) is 0 Å². The Labute approximate surface area is 88.6 Å². The van der Waals surface area contributed by atoms with Crippen LogP contribution in [0.3, 0.4) is 0 Å². The monoisotopic (exact) mass is 262 g/mol. The lowest BCUT2D eigenvalue weighted by molar-refractivity contribution is 0.0691. The number of benzene rings is 1. The van der Waals surface area contributed by atoms with Crippen molar-refractivity contribution in [1.29, 1.82) is 0 Å². The third kappa shape index (κ3) is 1.72. The fourth-order valence-electron chi connectivity index (χ4n) is 1.13. The maximum atomic E-state index is 13.2. The number of halogens is 2. The minimum absolute atomic E-state index is 0.190. The van der Waals surface area contributed by atoms with Crippen molar-refractivity contribution in [2.45, 2.75) is 6.92 Å². The summed E-state index contributed by atoms with van der Waals surface area (Å²) >= 11 is 3.08. The molecule has 0 atom stereocenters. The van der Waals surface area contributed by atoms with Gasteiger partial charge in [-0.25, -0.2) is 9.18 Å². The number of carboxylic acid groups (broad SMARTS) is 1. The fraction of sp³-hybridized carbons (Fsp3) is 0.222. The highest BCUT2D eigenvalue weighted by atomic mass is 79.9. The van der Waals surface area contributed by atoms with Crippen LogP contribution >= 0.6 is 15.9 Å². The van der Waals surface area contributed by atoms with Crippen molar-refractivity contribution in [3.8, 4) is 5.75 Å². The van der Waals surface area contributed by atoms with E-state index in [1.165, 1.54) is 13.2 Å². The van der Waals surface area contributed by atoms with Gasteiger partial charge in [0.15, 0.2) is 11.6 Å². The standard InChI is InChI=1S/C9H8BrFO3/c1-4-3-5(11)8(14-2)6(7(4)10)9(12)13/h3H,1-2H3,(H,12,13). The topological polar surface area (TPSA) is 46.5 Å². The molecular weight excluding hydrogens is 255 g/mol. The van der Waals surface area contributed by atoms with Crippen LogP contribution in [0.4, 0.5) is 4.39 Å². The molecule has 0 saturated heterocycles. The molecule has 0 spiro atoms. The van der Waals surface area contributed by atoms with Crippen molar-refractivity contribution in [1.82, 2.24) is 0 Å². The first-order valence-corrected chi connectivity index (χ1v) is 4.54. The molecule has 1 aromatic carbocycles. The zero-order valence-electron chi connectivity index (χ0n) is 7.60. The highest BCUT2D eigenvalue weighted by Crippen LogP contribution is 2.32. The van der Waals surface area contributed by atoms with Gasteiger partial charge in [-0.05, 0) is 34.5 Å². The van der Waals surface area contributed by atoms with E-state index in [9.17, 15) is 9.18 Å². The lowest BCUT2D eigenvalue weighted by Gasteiger charge is -2.09. The SMILES string of the molecule is COc1c(F)cc(C)c(Br)c1C(=O)O. The van der Waals surface area contributed by atoms with Crippen LogP contribution in [0.1, 0.15) is 15.9 Å². The van der Waals surface area contributed by atoms with E-state index >= 15 is 0 Å². The average molecular weight is 263 g/mol. The number of rotatable bonds is 2. The van der Waals surface area contributed by atoms with Crippen LogP contribution in [0.25, 0.3) is 0 Å². The summed E-state index contributed by atoms with van der Waals surface area (Å²) in [4.78, 5) is 10.8. The minimum atomic E-state index is -1.23. The van der Waals surface area contributed by atoms with Crippen LogP contribution in [0, 0.1) is 12.7 Å². The summed E-state index contributed by atoms with van der Waals surface area (Å²) in [6.07, 6.45) is 0. The van der Waals surface area contributed by atoms with E-state index in [2.05, 4.69) is 20.7 Å². The maximum absolute atomic E-state index is 13.2. The number of hydrogen-bond acceptors (Lipinski definition) is 2. The molecule has 1 N–H and O–H groups in total. The number of aromatic carboxylic acids is 1. The molecule has 14 heavy (non-hydrogen) atoms. The molecule has 0 amide bonds. The van der Waals surface area contributed by atoms with E-state index < -0.39 is 11.8 Å². The number of ether oxygens (including phenoxy) is 1. The van der Waals surface area contributed by atoms with Crippen LogP contribution in [-0.4, -0.2) is 18.2 Å². The lowest BCUT2D eigenvalue weighted by atomic mass is 10.1. The van der Waals surface area contributed by atoms with E-state index in [4.69, 9.17) is 5.11 Å². The van der Waals surface area contributed by atoms with Crippen molar-refractivity contribution >= 4 is 21.9 Å². The second kappa shape index (κ2) is 3.96. The first kappa shape index (κ1) is 11.0. The Morgan fingerprint density at radius 2 is 2.21 bits per heavy atom. The first-order chi connectivity index (χ1) is 6.49. The van der Waals surface area contributed by atoms with Gasteiger partial charge in [-0.1, -0.05) is 0 Å². The molecule has 0 radical (unpaired) electrons. The molecule has 0 aliphatic rings. The van der Waals surface area contributed by atoms with Crippen molar-refractivity contribution in [3.63, 3.8) is 0 Å². The van der Waals surface area contributed by atoms with E-state index in [1.54, 1.807) is 6.92 Å². The summed E-state index contributed by atoms with van der Waals surface area (Å²) in [5.74, 6) is -2.16. The van der Waals surface area contributed by atoms with Gasteiger partial charge in [0, 0.05) is 4.47 Å². The Hall–Kier alpha value is -1.10. The molecule has 0 bridgehead atoms. The minimum Gasteiger partial charge on any atom is -0.493 e. The number of aryl methyl sites for hydroxylation is 1. The van der Waals surface area contributed by atoms with Gasteiger partial charge in [0.2, 0.25) is 0 Å². The van der Waals surface area contributed by atoms with Gasteiger partial charge >= 0.3 is 5.97 Å². The molecule has 0 aliphatic carbocycles. The number of carboxylic acids is 1. The van der Waals surface area contributed by atoms with E-state index in [-0.39, 0.29) is 11.3 Å². The van der Waals surface area contributed by atoms with Gasteiger partial charge < -0.3 is 9.84 Å². The summed E-state index contributed by atoms with van der Waals surface area (Å²) in [5.41, 5.74) is 0.325. The molecule has 0 heterocycles. The number of methoxy groups -OCH3 is 1. The molecular formula is C9H8BrFO3. The molecule has 0 aliphatic heterocycles. The molecule has 76 valence electrons. The second-order valence-corrected chi connectivity index (χ2v) is 3.50. The van der Waals surface area contributed by atoms with E-state index in [0.717, 1.165) is 0 Å². The van der Waals surface area contributed by atoms with Crippen LogP contribution in [0.5, 0.6) is 5.75 Å². The molecule has 0 fully saturated rings. The Morgan fingerprint density at radius 3 is 2.64 bits per heavy atom. The Kier molecular flexibility index (Phi) is 3.10. The molecule has 1 rings (SSSR count). The zero-order chi connectivity index (χ0) is 10.9. The summed E-state index contributed by atoms with van der Waals surface area (Å²) < 4.78 is 18.3. The number of carbonyl (C=O) groups is 1. The summed E-state index contributed by atoms with van der Waals surface area (Å²) in [6, 6.07) is 1.22. The fourth-order valence-corrected chi connectivity index (χ4v) is 1.59. The van der Waals surface area contributed by atoms with Gasteiger partial charge in [0.1, 0.15) is 5.56 Å². The number of hydrogen-bond donors (Lipinski definition) is 1. The van der Waals surface area contributed by atoms with Gasteiger partial charge in [0.05, 0.1) is 7.11 Å². The average Bonchev–Trinajstić information content (AvgIpc) is 2.10. The van der Waals surface area contributed by atoms with Crippen molar-refractivity contribution < 1.29 is 19.0 Å². The smallest absolute Gasteiger partial charge is 0.340 e. The zero-order valence-corrected chi connectivity index (χ0v) is 9.18. The first-order valence-electron chi connectivity index (χ1n) is 3.75. The molecule has 1 aromatic rings. The molecule has 0 unspecified atom stereocenters. The van der Waals surface area contributed by atoms with Crippen molar-refractivity contribution in [3.05, 3.63) is 27.5 Å². The predicted molar refractivity (Wildman–Crippen MR) is 52.3 cm³/mol. The normalized spacial score (nSPS) is 10.0. The Balaban J connectivity index is 3.56. The molecule has 0 saturated carbocycles. The van der Waals surface area contributed by atoms with Crippen LogP contribution in [0.2, 0.25) is 0 Å². The third-order valence-corrected chi connectivity index (χ3v) is 2.79. The Morgan fingerprint density at radius 1 is 1.64 bits per heavy atom. The maximum Gasteiger partial charge on any atom is 0.340 e. The van der Waals surface area contributed by atoms with Crippen LogP contribution in [0.15, 0.2) is 10.5 Å². The molecule has 3 nitrogen and oxygen atoms in total. The summed E-state index contributed by atoms with van der Waals surface area (Å²) in [7, 11) is 1.23. The molecule has 5 heteroatoms. The van der Waals surface area contributed by atoms with Crippen molar-refractivity contribution in [2.24, 2.45) is 0 Å². The largest absolute Gasteiger partial charge is 0.493 e. The quantitative estimate of drug-likeness (QED) is 0.892. The highest BCUT2D eigenvalue weighted by Gasteiger charge is 2.21. The van der Waals surface area contributed by atoms with Gasteiger partial charge in [0.25, 0.3) is 0 Å².